The van der Waals surface area contributed by atoms with Gasteiger partial charge >= 0.3 is 6.09 Å². The zero-order valence-corrected chi connectivity index (χ0v) is 17.5. The minimum Gasteiger partial charge on any atom is -0.444 e. The highest BCUT2D eigenvalue weighted by Gasteiger charge is 2.37. The molecule has 158 valence electrons. The fourth-order valence-corrected chi connectivity index (χ4v) is 3.64. The van der Waals surface area contributed by atoms with Gasteiger partial charge in [-0.3, -0.25) is 4.18 Å². The molecule has 7 nitrogen and oxygen atoms in total. The average Bonchev–Trinajstić information content (AvgIpc) is 3.01. The third-order valence-corrected chi connectivity index (χ3v) is 4.98. The number of aliphatic hydroxyl groups excluding tert-OH is 1. The molecule has 1 fully saturated rings. The Kier molecular flexibility index (Phi) is 7.06. The van der Waals surface area contributed by atoms with Crippen molar-refractivity contribution in [1.29, 1.82) is 0 Å². The lowest BCUT2D eigenvalue weighted by atomic mass is 9.94. The smallest absolute Gasteiger partial charge is 0.410 e. The van der Waals surface area contributed by atoms with E-state index in [0.29, 0.717) is 30.5 Å². The second kappa shape index (κ2) is 8.75. The first-order chi connectivity index (χ1) is 12.9. The van der Waals surface area contributed by atoms with E-state index in [4.69, 9.17) is 8.92 Å². The van der Waals surface area contributed by atoms with Crippen LogP contribution in [0, 0.1) is 5.82 Å². The molecule has 0 radical (unpaired) electrons. The Hall–Kier alpha value is -1.71. The quantitative estimate of drug-likeness (QED) is 0.716. The van der Waals surface area contributed by atoms with Crippen molar-refractivity contribution in [2.24, 2.45) is 0 Å². The number of ether oxygens (including phenoxy) is 1. The Morgan fingerprint density at radius 3 is 2.68 bits per heavy atom. The Bertz CT molecular complexity index is 805. The lowest BCUT2D eigenvalue weighted by molar-refractivity contribution is 0.00471. The molecular weight excluding hydrogens is 389 g/mol. The highest BCUT2D eigenvalue weighted by Crippen LogP contribution is 2.32. The maximum Gasteiger partial charge on any atom is 0.410 e. The van der Waals surface area contributed by atoms with Crippen LogP contribution in [0.5, 0.6) is 0 Å². The summed E-state index contributed by atoms with van der Waals surface area (Å²) in [5.41, 5.74) is 0.227. The van der Waals surface area contributed by atoms with Gasteiger partial charge in [-0.25, -0.2) is 9.18 Å². The Balaban J connectivity index is 2.20. The number of aliphatic hydroxyl groups is 1. The van der Waals surface area contributed by atoms with Crippen molar-refractivity contribution in [3.8, 4) is 0 Å². The van der Waals surface area contributed by atoms with Crippen molar-refractivity contribution >= 4 is 16.2 Å². The molecule has 0 bridgehead atoms. The number of benzene rings is 1. The van der Waals surface area contributed by atoms with Gasteiger partial charge < -0.3 is 14.7 Å². The van der Waals surface area contributed by atoms with Gasteiger partial charge in [-0.2, -0.15) is 8.42 Å². The summed E-state index contributed by atoms with van der Waals surface area (Å²) in [7, 11) is -3.62. The fraction of sp³-hybridized carbons (Fsp3) is 0.632. The molecule has 0 aromatic heterocycles. The molecule has 1 saturated heterocycles. The highest BCUT2D eigenvalue weighted by atomic mass is 32.2. The Morgan fingerprint density at radius 1 is 1.39 bits per heavy atom. The standard InChI is InChI=1S/C19H28FNO6S/c1-19(2,3)27-18(23)21-10-5-6-16(21)17(22)15-8-7-14(20)12-13(15)9-11-26-28(4,24)25/h7-8,12,16-17,22H,5-6,9-11H2,1-4H3/t16-,17-/m0/s1. The van der Waals surface area contributed by atoms with E-state index in [9.17, 15) is 22.7 Å². The third-order valence-electron chi connectivity index (χ3n) is 4.38. The molecule has 0 unspecified atom stereocenters. The highest BCUT2D eigenvalue weighted by molar-refractivity contribution is 7.85. The lowest BCUT2D eigenvalue weighted by Gasteiger charge is -2.32. The molecule has 0 saturated carbocycles. The first-order valence-electron chi connectivity index (χ1n) is 9.18. The van der Waals surface area contributed by atoms with Gasteiger partial charge in [0.2, 0.25) is 0 Å². The van der Waals surface area contributed by atoms with Crippen LogP contribution in [0.1, 0.15) is 50.8 Å². The van der Waals surface area contributed by atoms with Gasteiger partial charge in [-0.15, -0.1) is 0 Å². The van der Waals surface area contributed by atoms with Crippen LogP contribution in [0.15, 0.2) is 18.2 Å². The zero-order valence-electron chi connectivity index (χ0n) is 16.6. The summed E-state index contributed by atoms with van der Waals surface area (Å²) >= 11 is 0. The van der Waals surface area contributed by atoms with Crippen molar-refractivity contribution in [3.05, 3.63) is 35.1 Å². The number of halogens is 1. The molecule has 1 amide bonds. The normalized spacial score (nSPS) is 18.9. The molecule has 1 aromatic carbocycles. The zero-order chi connectivity index (χ0) is 21.1. The predicted octanol–water partition coefficient (Wildman–Crippen LogP) is 2.78. The average molecular weight is 417 g/mol. The van der Waals surface area contributed by atoms with Gasteiger partial charge in [0.05, 0.1) is 25.0 Å². The van der Waals surface area contributed by atoms with Crippen LogP contribution in [-0.2, 0) is 25.5 Å². The number of hydrogen-bond donors (Lipinski definition) is 1. The maximum atomic E-state index is 13.7. The molecule has 2 rings (SSSR count). The van der Waals surface area contributed by atoms with E-state index in [1.165, 1.54) is 23.1 Å². The van der Waals surface area contributed by atoms with Crippen molar-refractivity contribution in [3.63, 3.8) is 0 Å². The number of nitrogens with zero attached hydrogens (tertiary/aromatic N) is 1. The van der Waals surface area contributed by atoms with Crippen molar-refractivity contribution in [2.45, 2.75) is 57.8 Å². The number of amides is 1. The Morgan fingerprint density at radius 2 is 2.07 bits per heavy atom. The molecule has 1 aromatic rings. The van der Waals surface area contributed by atoms with Crippen LogP contribution in [-0.4, -0.2) is 55.6 Å². The first-order valence-corrected chi connectivity index (χ1v) is 11.0. The minimum atomic E-state index is -3.62. The van der Waals surface area contributed by atoms with Crippen LogP contribution in [0.4, 0.5) is 9.18 Å². The van der Waals surface area contributed by atoms with E-state index in [0.717, 1.165) is 6.26 Å². The lowest BCUT2D eigenvalue weighted by Crippen LogP contribution is -2.42. The van der Waals surface area contributed by atoms with E-state index in [1.54, 1.807) is 20.8 Å². The molecule has 2 atom stereocenters. The second-order valence-electron chi connectivity index (χ2n) is 7.95. The number of carbonyl (C=O) groups is 1. The molecule has 1 aliphatic rings. The maximum absolute atomic E-state index is 13.7. The van der Waals surface area contributed by atoms with Gasteiger partial charge in [0.1, 0.15) is 11.4 Å². The summed E-state index contributed by atoms with van der Waals surface area (Å²) in [4.78, 5) is 14.0. The molecule has 1 N–H and O–H groups in total. The van der Waals surface area contributed by atoms with E-state index >= 15 is 0 Å². The number of carbonyl (C=O) groups excluding carboxylic acids is 1. The second-order valence-corrected chi connectivity index (χ2v) is 9.59. The van der Waals surface area contributed by atoms with Crippen LogP contribution in [0.2, 0.25) is 0 Å². The van der Waals surface area contributed by atoms with Gasteiger partial charge in [-0.1, -0.05) is 6.07 Å². The monoisotopic (exact) mass is 417 g/mol. The fourth-order valence-electron chi connectivity index (χ4n) is 3.26. The van der Waals surface area contributed by atoms with E-state index in [1.807, 2.05) is 0 Å². The summed E-state index contributed by atoms with van der Waals surface area (Å²) in [5.74, 6) is -0.499. The number of hydrogen-bond acceptors (Lipinski definition) is 6. The van der Waals surface area contributed by atoms with Crippen LogP contribution < -0.4 is 0 Å². The SMILES string of the molecule is CC(C)(C)OC(=O)N1CCC[C@H]1[C@@H](O)c1ccc(F)cc1CCOS(C)(=O)=O. The molecule has 1 aliphatic heterocycles. The number of likely N-dealkylation sites (tertiary alicyclic amines) is 1. The Labute approximate surface area is 165 Å². The molecule has 1 heterocycles. The first kappa shape index (κ1) is 22.6. The van der Waals surface area contributed by atoms with E-state index in [2.05, 4.69) is 0 Å². The summed E-state index contributed by atoms with van der Waals surface area (Å²) in [5, 5.41) is 10.9. The van der Waals surface area contributed by atoms with Crippen molar-refractivity contribution in [1.82, 2.24) is 4.90 Å². The van der Waals surface area contributed by atoms with Crippen molar-refractivity contribution < 1.29 is 31.6 Å². The molecule has 0 spiro atoms. The molecule has 0 aliphatic carbocycles. The van der Waals surface area contributed by atoms with Gasteiger partial charge in [-0.05, 0) is 63.3 Å². The van der Waals surface area contributed by atoms with E-state index in [-0.39, 0.29) is 13.0 Å². The molecule has 28 heavy (non-hydrogen) atoms. The third kappa shape index (κ3) is 6.42. The topological polar surface area (TPSA) is 93.1 Å². The number of rotatable bonds is 6. The predicted molar refractivity (Wildman–Crippen MR) is 102 cm³/mol. The van der Waals surface area contributed by atoms with E-state index < -0.39 is 39.8 Å². The minimum absolute atomic E-state index is 0.108. The van der Waals surface area contributed by atoms with Gasteiger partial charge in [0, 0.05) is 6.54 Å². The van der Waals surface area contributed by atoms with Gasteiger partial charge in [0.15, 0.2) is 0 Å². The summed E-state index contributed by atoms with van der Waals surface area (Å²) in [6.07, 6.45) is 0.787. The largest absolute Gasteiger partial charge is 0.444 e. The van der Waals surface area contributed by atoms with Crippen LogP contribution in [0.25, 0.3) is 0 Å². The van der Waals surface area contributed by atoms with Gasteiger partial charge in [0.25, 0.3) is 10.1 Å². The summed E-state index contributed by atoms with van der Waals surface area (Å²) in [6, 6.07) is 3.43. The molecular formula is C19H28FNO6S. The summed E-state index contributed by atoms with van der Waals surface area (Å²) in [6.45, 7) is 5.61. The van der Waals surface area contributed by atoms with Crippen molar-refractivity contribution in [2.75, 3.05) is 19.4 Å². The molecule has 9 heteroatoms. The van der Waals surface area contributed by atoms with Crippen LogP contribution >= 0.6 is 0 Å². The summed E-state index contributed by atoms with van der Waals surface area (Å²) < 4.78 is 46.2. The van der Waals surface area contributed by atoms with Crippen LogP contribution in [0.3, 0.4) is 0 Å².